The van der Waals surface area contributed by atoms with Crippen LogP contribution in [0.4, 0.5) is 14.5 Å². The number of aromatic nitrogens is 1. The predicted octanol–water partition coefficient (Wildman–Crippen LogP) is 4.52. The van der Waals surface area contributed by atoms with Gasteiger partial charge in [0.25, 0.3) is 5.91 Å². The lowest BCUT2D eigenvalue weighted by Crippen LogP contribution is -2.15. The monoisotopic (exact) mass is 406 g/mol. The molecule has 0 spiro atoms. The maximum atomic E-state index is 13.2. The highest BCUT2D eigenvalue weighted by Gasteiger charge is 2.17. The molecule has 0 radical (unpaired) electrons. The summed E-state index contributed by atoms with van der Waals surface area (Å²) in [6.07, 6.45) is 1.37. The maximum Gasteiger partial charge on any atom is 0.259 e. The second-order valence-corrected chi connectivity index (χ2v) is 5.89. The number of nitrogens with one attached hydrogen (secondary N) is 2. The maximum absolute atomic E-state index is 13.2. The van der Waals surface area contributed by atoms with Gasteiger partial charge in [0, 0.05) is 18.0 Å². The van der Waals surface area contributed by atoms with Crippen LogP contribution < -0.4 is 20.3 Å². The van der Waals surface area contributed by atoms with Gasteiger partial charge in [0.05, 0.1) is 10.6 Å². The van der Waals surface area contributed by atoms with E-state index < -0.39 is 24.1 Å². The van der Waals surface area contributed by atoms with Crippen molar-refractivity contribution in [2.75, 3.05) is 12.2 Å². The van der Waals surface area contributed by atoms with Gasteiger partial charge < -0.3 is 19.8 Å². The second-order valence-electron chi connectivity index (χ2n) is 5.48. The molecule has 0 saturated heterocycles. The normalized spacial score (nSPS) is 10.4. The number of amides is 1. The number of carbonyl (C=O) groups is 1. The number of aromatic amines is 1. The zero-order valence-corrected chi connectivity index (χ0v) is 14.9. The number of alkyl halides is 1. The molecule has 144 valence electrons. The smallest absolute Gasteiger partial charge is 0.259 e. The number of halogens is 3. The molecule has 1 amide bonds. The zero-order valence-electron chi connectivity index (χ0n) is 14.2. The molecule has 0 aliphatic heterocycles. The summed E-state index contributed by atoms with van der Waals surface area (Å²) >= 11 is 5.96. The molecule has 3 rings (SSSR count). The van der Waals surface area contributed by atoms with Crippen molar-refractivity contribution in [3.05, 3.63) is 81.5 Å². The molecule has 9 heteroatoms. The van der Waals surface area contributed by atoms with Crippen molar-refractivity contribution in [3.8, 4) is 17.2 Å². The van der Waals surface area contributed by atoms with E-state index in [-0.39, 0.29) is 33.5 Å². The number of benzene rings is 2. The number of H-pyrrole nitrogens is 1. The third-order valence-electron chi connectivity index (χ3n) is 3.56. The fraction of sp³-hybridized carbons (Fsp3) is 0.0526. The van der Waals surface area contributed by atoms with Crippen molar-refractivity contribution in [1.29, 1.82) is 0 Å². The van der Waals surface area contributed by atoms with Crippen LogP contribution >= 0.6 is 11.6 Å². The van der Waals surface area contributed by atoms with Gasteiger partial charge in [-0.25, -0.2) is 8.78 Å². The van der Waals surface area contributed by atoms with Crippen molar-refractivity contribution in [3.63, 3.8) is 0 Å². The molecule has 0 atom stereocenters. The molecule has 6 nitrogen and oxygen atoms in total. The summed E-state index contributed by atoms with van der Waals surface area (Å²) < 4.78 is 36.1. The molecule has 0 aliphatic rings. The first kappa shape index (κ1) is 19.4. The van der Waals surface area contributed by atoms with E-state index in [1.165, 1.54) is 42.6 Å². The summed E-state index contributed by atoms with van der Waals surface area (Å²) in [6, 6.07) is 10.3. The van der Waals surface area contributed by atoms with Gasteiger partial charge in [0.15, 0.2) is 0 Å². The van der Waals surface area contributed by atoms with Crippen molar-refractivity contribution in [2.24, 2.45) is 0 Å². The number of pyridine rings is 1. The van der Waals surface area contributed by atoms with Crippen LogP contribution in [0.15, 0.2) is 59.5 Å². The molecular weight excluding hydrogens is 394 g/mol. The van der Waals surface area contributed by atoms with Gasteiger partial charge in [0.2, 0.25) is 12.4 Å². The first-order valence-electron chi connectivity index (χ1n) is 7.92. The number of carbonyl (C=O) groups excluding carboxylic acids is 1. The van der Waals surface area contributed by atoms with Crippen LogP contribution in [0.3, 0.4) is 0 Å². The van der Waals surface area contributed by atoms with Gasteiger partial charge in [-0.1, -0.05) is 11.6 Å². The van der Waals surface area contributed by atoms with Crippen LogP contribution in [0, 0.1) is 5.82 Å². The summed E-state index contributed by atoms with van der Waals surface area (Å²) in [5.41, 5.74) is -0.162. The number of hydrogen-bond acceptors (Lipinski definition) is 4. The highest BCUT2D eigenvalue weighted by Crippen LogP contribution is 2.33. The molecule has 28 heavy (non-hydrogen) atoms. The standard InChI is InChI=1S/C19H13ClF2N2O4/c20-15-7-11(22)1-3-17(15)28-16-4-2-13(27-10-21)9-14(16)19(26)24-12-5-6-23-18(25)8-12/h1-9H,10H2,(H2,23,24,25,26). The lowest BCUT2D eigenvalue weighted by molar-refractivity contribution is 0.102. The van der Waals surface area contributed by atoms with E-state index in [1.54, 1.807) is 0 Å². The van der Waals surface area contributed by atoms with E-state index in [4.69, 9.17) is 21.1 Å². The van der Waals surface area contributed by atoms with E-state index in [9.17, 15) is 18.4 Å². The van der Waals surface area contributed by atoms with E-state index in [2.05, 4.69) is 10.3 Å². The van der Waals surface area contributed by atoms with Crippen molar-refractivity contribution < 1.29 is 23.0 Å². The Kier molecular flexibility index (Phi) is 5.90. The van der Waals surface area contributed by atoms with Crippen LogP contribution in [0.2, 0.25) is 5.02 Å². The van der Waals surface area contributed by atoms with Gasteiger partial charge in [0.1, 0.15) is 23.1 Å². The Morgan fingerprint density at radius 2 is 1.89 bits per heavy atom. The van der Waals surface area contributed by atoms with E-state index in [0.29, 0.717) is 0 Å². The summed E-state index contributed by atoms with van der Waals surface area (Å²) in [6.45, 7) is -1.08. The van der Waals surface area contributed by atoms with Gasteiger partial charge in [-0.05, 0) is 42.5 Å². The SMILES string of the molecule is O=C(Nc1cc[nH]c(=O)c1)c1cc(OCF)ccc1Oc1ccc(F)cc1Cl. The summed E-state index contributed by atoms with van der Waals surface area (Å²) in [7, 11) is 0. The molecule has 2 N–H and O–H groups in total. The molecule has 0 aliphatic carbocycles. The lowest BCUT2D eigenvalue weighted by Gasteiger charge is -2.14. The van der Waals surface area contributed by atoms with E-state index in [0.717, 1.165) is 12.1 Å². The molecule has 3 aromatic rings. The van der Waals surface area contributed by atoms with Crippen LogP contribution in [0.1, 0.15) is 10.4 Å². The minimum absolute atomic E-state index is 0.00466. The quantitative estimate of drug-likeness (QED) is 0.630. The number of rotatable bonds is 6. The molecule has 2 aromatic carbocycles. The highest BCUT2D eigenvalue weighted by atomic mass is 35.5. The largest absolute Gasteiger partial charge is 0.463 e. The molecule has 0 fully saturated rings. The van der Waals surface area contributed by atoms with Crippen LogP contribution in [-0.2, 0) is 0 Å². The molecule has 0 bridgehead atoms. The average Bonchev–Trinajstić information content (AvgIpc) is 2.65. The third-order valence-corrected chi connectivity index (χ3v) is 3.86. The highest BCUT2D eigenvalue weighted by molar-refractivity contribution is 6.32. The predicted molar refractivity (Wildman–Crippen MR) is 99.5 cm³/mol. The van der Waals surface area contributed by atoms with Crippen molar-refractivity contribution in [2.45, 2.75) is 0 Å². The van der Waals surface area contributed by atoms with Gasteiger partial charge in [-0.3, -0.25) is 9.59 Å². The molecule has 1 heterocycles. The van der Waals surface area contributed by atoms with E-state index >= 15 is 0 Å². The first-order chi connectivity index (χ1) is 13.5. The summed E-state index contributed by atoms with van der Waals surface area (Å²) in [5.74, 6) is -0.898. The van der Waals surface area contributed by atoms with Gasteiger partial charge in [-0.2, -0.15) is 0 Å². The second kappa shape index (κ2) is 8.53. The van der Waals surface area contributed by atoms with Crippen LogP contribution in [0.5, 0.6) is 17.2 Å². The van der Waals surface area contributed by atoms with Gasteiger partial charge in [-0.15, -0.1) is 0 Å². The summed E-state index contributed by atoms with van der Waals surface area (Å²) in [5, 5.41) is 2.54. The Bertz CT molecular complexity index is 1070. The summed E-state index contributed by atoms with van der Waals surface area (Å²) in [4.78, 5) is 26.5. The lowest BCUT2D eigenvalue weighted by atomic mass is 10.1. The van der Waals surface area contributed by atoms with E-state index in [1.807, 2.05) is 0 Å². The number of anilines is 1. The molecule has 0 saturated carbocycles. The fourth-order valence-electron chi connectivity index (χ4n) is 2.33. The van der Waals surface area contributed by atoms with Crippen molar-refractivity contribution >= 4 is 23.2 Å². The van der Waals surface area contributed by atoms with Gasteiger partial charge >= 0.3 is 0 Å². The molecular formula is C19H13ClF2N2O4. The Morgan fingerprint density at radius 1 is 1.11 bits per heavy atom. The minimum Gasteiger partial charge on any atom is -0.463 e. The van der Waals surface area contributed by atoms with Crippen LogP contribution in [0.25, 0.3) is 0 Å². The minimum atomic E-state index is -1.08. The average molecular weight is 407 g/mol. The molecule has 0 unspecified atom stereocenters. The van der Waals surface area contributed by atoms with Crippen molar-refractivity contribution in [1.82, 2.24) is 4.98 Å². The Morgan fingerprint density at radius 3 is 2.61 bits per heavy atom. The zero-order chi connectivity index (χ0) is 20.1. The van der Waals surface area contributed by atoms with Crippen LogP contribution in [-0.4, -0.2) is 17.8 Å². The first-order valence-corrected chi connectivity index (χ1v) is 8.30. The fourth-order valence-corrected chi connectivity index (χ4v) is 2.53. The Hall–Kier alpha value is -3.39. The number of ether oxygens (including phenoxy) is 2. The Labute approximate surface area is 162 Å². The Balaban J connectivity index is 1.95. The third kappa shape index (κ3) is 4.66. The molecule has 1 aromatic heterocycles. The number of hydrogen-bond donors (Lipinski definition) is 2. The topological polar surface area (TPSA) is 80.4 Å².